The molecule has 1 unspecified atom stereocenters. The van der Waals surface area contributed by atoms with E-state index in [9.17, 15) is 0 Å². The number of benzene rings is 1. The molecule has 0 saturated carbocycles. The van der Waals surface area contributed by atoms with Crippen molar-refractivity contribution >= 4 is 11.3 Å². The van der Waals surface area contributed by atoms with E-state index in [1.807, 2.05) is 37.6 Å². The molecule has 1 heterocycles. The Morgan fingerprint density at radius 2 is 2.00 bits per heavy atom. The monoisotopic (exact) mass is 276 g/mol. The number of hydrogen-bond donors (Lipinski definition) is 1. The van der Waals surface area contributed by atoms with Crippen LogP contribution >= 0.6 is 11.3 Å². The predicted molar refractivity (Wildman–Crippen MR) is 79.8 cm³/mol. The summed E-state index contributed by atoms with van der Waals surface area (Å²) in [6.07, 6.45) is 2.05. The maximum atomic E-state index is 5.67. The summed E-state index contributed by atoms with van der Waals surface area (Å²) in [5.41, 5.74) is 1.22. The van der Waals surface area contributed by atoms with Crippen LogP contribution in [0.3, 0.4) is 0 Å². The summed E-state index contributed by atoms with van der Waals surface area (Å²) in [5.74, 6) is 0.910. The maximum absolute atomic E-state index is 5.67. The van der Waals surface area contributed by atoms with Gasteiger partial charge in [0.15, 0.2) is 0 Å². The lowest BCUT2D eigenvalue weighted by Gasteiger charge is -2.17. The van der Waals surface area contributed by atoms with Crippen molar-refractivity contribution in [2.45, 2.75) is 32.9 Å². The zero-order valence-corrected chi connectivity index (χ0v) is 12.4. The topological polar surface area (TPSA) is 34.1 Å². The number of thiazole rings is 1. The van der Waals surface area contributed by atoms with Gasteiger partial charge >= 0.3 is 0 Å². The maximum Gasteiger partial charge on any atom is 0.119 e. The first-order valence-corrected chi connectivity index (χ1v) is 7.48. The van der Waals surface area contributed by atoms with E-state index in [1.54, 1.807) is 11.3 Å². The zero-order chi connectivity index (χ0) is 13.7. The molecule has 0 saturated heterocycles. The summed E-state index contributed by atoms with van der Waals surface area (Å²) in [6, 6.07) is 8.41. The minimum Gasteiger partial charge on any atom is -0.491 e. The van der Waals surface area contributed by atoms with E-state index < -0.39 is 0 Å². The SMILES string of the molecule is CCNC(c1ccc(OC(C)C)cc1)c1nccs1. The van der Waals surface area contributed by atoms with E-state index in [-0.39, 0.29) is 12.1 Å². The van der Waals surface area contributed by atoms with Crippen molar-refractivity contribution in [3.8, 4) is 5.75 Å². The Morgan fingerprint density at radius 1 is 1.26 bits per heavy atom. The third-order valence-electron chi connectivity index (χ3n) is 2.69. The third kappa shape index (κ3) is 3.78. The van der Waals surface area contributed by atoms with Crippen LogP contribution in [0.1, 0.15) is 37.4 Å². The smallest absolute Gasteiger partial charge is 0.119 e. The fraction of sp³-hybridized carbons (Fsp3) is 0.400. The molecule has 4 heteroatoms. The number of hydrogen-bond acceptors (Lipinski definition) is 4. The van der Waals surface area contributed by atoms with Crippen LogP contribution in [0.25, 0.3) is 0 Å². The van der Waals surface area contributed by atoms with Crippen molar-refractivity contribution in [3.63, 3.8) is 0 Å². The van der Waals surface area contributed by atoms with Crippen LogP contribution in [0.5, 0.6) is 5.75 Å². The molecule has 0 aliphatic carbocycles. The molecule has 2 rings (SSSR count). The van der Waals surface area contributed by atoms with Gasteiger partial charge in [0.25, 0.3) is 0 Å². The van der Waals surface area contributed by atoms with E-state index in [0.29, 0.717) is 0 Å². The molecule has 19 heavy (non-hydrogen) atoms. The molecule has 1 aromatic carbocycles. The second kappa shape index (κ2) is 6.68. The first-order chi connectivity index (χ1) is 9.20. The lowest BCUT2D eigenvalue weighted by molar-refractivity contribution is 0.242. The van der Waals surface area contributed by atoms with Gasteiger partial charge < -0.3 is 10.1 Å². The van der Waals surface area contributed by atoms with Crippen molar-refractivity contribution < 1.29 is 4.74 Å². The molecule has 0 bridgehead atoms. The number of ether oxygens (including phenoxy) is 1. The second-order valence-corrected chi connectivity index (χ2v) is 5.52. The van der Waals surface area contributed by atoms with Crippen molar-refractivity contribution in [2.75, 3.05) is 6.54 Å². The van der Waals surface area contributed by atoms with E-state index in [2.05, 4.69) is 29.4 Å². The molecule has 102 valence electrons. The number of aromatic nitrogens is 1. The summed E-state index contributed by atoms with van der Waals surface area (Å²) in [5, 5.41) is 6.58. The fourth-order valence-corrected chi connectivity index (χ4v) is 2.68. The number of rotatable bonds is 6. The van der Waals surface area contributed by atoms with Gasteiger partial charge in [-0.1, -0.05) is 19.1 Å². The quantitative estimate of drug-likeness (QED) is 0.875. The van der Waals surface area contributed by atoms with Gasteiger partial charge in [-0.25, -0.2) is 4.98 Å². The molecule has 3 nitrogen and oxygen atoms in total. The van der Waals surface area contributed by atoms with Crippen molar-refractivity contribution in [1.29, 1.82) is 0 Å². The van der Waals surface area contributed by atoms with Crippen molar-refractivity contribution in [1.82, 2.24) is 10.3 Å². The Hall–Kier alpha value is -1.39. The van der Waals surface area contributed by atoms with Gasteiger partial charge in [0, 0.05) is 11.6 Å². The van der Waals surface area contributed by atoms with E-state index in [4.69, 9.17) is 4.74 Å². The molecule has 1 atom stereocenters. The van der Waals surface area contributed by atoms with Crippen LogP contribution in [-0.2, 0) is 0 Å². The molecule has 2 aromatic rings. The number of nitrogens with one attached hydrogen (secondary N) is 1. The first kappa shape index (κ1) is 14.0. The van der Waals surface area contributed by atoms with Crippen LogP contribution in [0, 0.1) is 0 Å². The van der Waals surface area contributed by atoms with Gasteiger partial charge in [-0.05, 0) is 38.1 Å². The van der Waals surface area contributed by atoms with Crippen LogP contribution in [0.15, 0.2) is 35.8 Å². The average molecular weight is 276 g/mol. The van der Waals surface area contributed by atoms with Crippen molar-refractivity contribution in [3.05, 3.63) is 46.4 Å². The highest BCUT2D eigenvalue weighted by Crippen LogP contribution is 2.25. The molecule has 0 spiro atoms. The largest absolute Gasteiger partial charge is 0.491 e. The highest BCUT2D eigenvalue weighted by molar-refractivity contribution is 7.09. The Morgan fingerprint density at radius 3 is 2.53 bits per heavy atom. The van der Waals surface area contributed by atoms with E-state index in [1.165, 1.54) is 5.56 Å². The van der Waals surface area contributed by atoms with Crippen LogP contribution < -0.4 is 10.1 Å². The Kier molecular flexibility index (Phi) is 4.93. The average Bonchev–Trinajstić information content (AvgIpc) is 2.90. The van der Waals surface area contributed by atoms with Gasteiger partial charge in [0.1, 0.15) is 10.8 Å². The summed E-state index contributed by atoms with van der Waals surface area (Å²) in [7, 11) is 0. The summed E-state index contributed by atoms with van der Waals surface area (Å²) < 4.78 is 5.67. The van der Waals surface area contributed by atoms with E-state index in [0.717, 1.165) is 17.3 Å². The lowest BCUT2D eigenvalue weighted by Crippen LogP contribution is -2.21. The van der Waals surface area contributed by atoms with Gasteiger partial charge in [-0.3, -0.25) is 0 Å². The molecule has 0 amide bonds. The first-order valence-electron chi connectivity index (χ1n) is 6.60. The normalized spacial score (nSPS) is 12.6. The number of nitrogens with zero attached hydrogens (tertiary/aromatic N) is 1. The standard InChI is InChI=1S/C15H20N2OS/c1-4-16-14(15-17-9-10-19-15)12-5-7-13(8-6-12)18-11(2)3/h5-11,14,16H,4H2,1-3H3. The van der Waals surface area contributed by atoms with Crippen LogP contribution in [0.2, 0.25) is 0 Å². The fourth-order valence-electron chi connectivity index (χ4n) is 1.94. The molecule has 0 radical (unpaired) electrons. The summed E-state index contributed by atoms with van der Waals surface area (Å²) >= 11 is 1.68. The van der Waals surface area contributed by atoms with E-state index >= 15 is 0 Å². The minimum absolute atomic E-state index is 0.165. The highest BCUT2D eigenvalue weighted by atomic mass is 32.1. The van der Waals surface area contributed by atoms with Gasteiger partial charge in [-0.2, -0.15) is 0 Å². The molecule has 0 aliphatic heterocycles. The second-order valence-electron chi connectivity index (χ2n) is 4.60. The van der Waals surface area contributed by atoms with Gasteiger partial charge in [-0.15, -0.1) is 11.3 Å². The molecule has 1 aromatic heterocycles. The summed E-state index contributed by atoms with van der Waals surface area (Å²) in [4.78, 5) is 4.41. The molecule has 0 aliphatic rings. The minimum atomic E-state index is 0.165. The predicted octanol–water partition coefficient (Wildman–Crippen LogP) is 3.63. The Bertz CT molecular complexity index is 479. The molecular formula is C15H20N2OS. The molecule has 1 N–H and O–H groups in total. The Balaban J connectivity index is 2.18. The molecular weight excluding hydrogens is 256 g/mol. The molecule has 0 fully saturated rings. The third-order valence-corrected chi connectivity index (χ3v) is 3.53. The van der Waals surface area contributed by atoms with Crippen molar-refractivity contribution in [2.24, 2.45) is 0 Å². The van der Waals surface area contributed by atoms with Crippen LogP contribution in [0.4, 0.5) is 0 Å². The Labute approximate surface area is 118 Å². The zero-order valence-electron chi connectivity index (χ0n) is 11.6. The van der Waals surface area contributed by atoms with Crippen LogP contribution in [-0.4, -0.2) is 17.6 Å². The van der Waals surface area contributed by atoms with Gasteiger partial charge in [0.05, 0.1) is 12.1 Å². The summed E-state index contributed by atoms with van der Waals surface area (Å²) in [6.45, 7) is 7.08. The lowest BCUT2D eigenvalue weighted by atomic mass is 10.1. The van der Waals surface area contributed by atoms with Gasteiger partial charge in [0.2, 0.25) is 0 Å². The highest BCUT2D eigenvalue weighted by Gasteiger charge is 2.15.